The number of carbonyl (C=O) groups is 1. The third-order valence-electron chi connectivity index (χ3n) is 2.80. The van der Waals surface area contributed by atoms with Crippen LogP contribution in [-0.2, 0) is 18.9 Å². The molecule has 0 N–H and O–H groups in total. The minimum atomic E-state index is -0.442. The third kappa shape index (κ3) is 8.54. The molecule has 0 saturated carbocycles. The van der Waals surface area contributed by atoms with Gasteiger partial charge in [0.25, 0.3) is 0 Å². The van der Waals surface area contributed by atoms with Gasteiger partial charge in [0.1, 0.15) is 5.75 Å². The predicted octanol–water partition coefficient (Wildman–Crippen LogP) is 2.66. The van der Waals surface area contributed by atoms with Crippen molar-refractivity contribution in [3.8, 4) is 5.75 Å². The Labute approximate surface area is 137 Å². The van der Waals surface area contributed by atoms with Crippen LogP contribution in [0, 0.1) is 0 Å². The van der Waals surface area contributed by atoms with Crippen molar-refractivity contribution >= 4 is 5.97 Å². The standard InChI is InChI=1S/C17H26O6/c1-4-19-9-10-20-11-12-22-14(3)23-16-8-6-7-15(13-16)17(18)21-5-2/h6-8,13-14H,4-5,9-12H2,1-3H3/t14-/m1/s1. The summed E-state index contributed by atoms with van der Waals surface area (Å²) in [6, 6.07) is 6.82. The molecule has 6 nitrogen and oxygen atoms in total. The second kappa shape index (κ2) is 11.9. The van der Waals surface area contributed by atoms with Crippen molar-refractivity contribution in [2.24, 2.45) is 0 Å². The minimum absolute atomic E-state index is 0.340. The van der Waals surface area contributed by atoms with Crippen LogP contribution in [0.5, 0.6) is 5.75 Å². The number of rotatable bonds is 12. The highest BCUT2D eigenvalue weighted by Crippen LogP contribution is 2.16. The van der Waals surface area contributed by atoms with Crippen LogP contribution < -0.4 is 4.74 Å². The quantitative estimate of drug-likeness (QED) is 0.334. The highest BCUT2D eigenvalue weighted by Gasteiger charge is 2.09. The van der Waals surface area contributed by atoms with Gasteiger partial charge >= 0.3 is 5.97 Å². The van der Waals surface area contributed by atoms with Crippen LogP contribution in [0.3, 0.4) is 0 Å². The van der Waals surface area contributed by atoms with Gasteiger partial charge in [0.2, 0.25) is 0 Å². The molecule has 0 amide bonds. The largest absolute Gasteiger partial charge is 0.465 e. The van der Waals surface area contributed by atoms with E-state index in [0.29, 0.717) is 51.0 Å². The van der Waals surface area contributed by atoms with Crippen molar-refractivity contribution in [2.45, 2.75) is 27.1 Å². The normalized spacial score (nSPS) is 12.0. The first kappa shape index (κ1) is 19.4. The fourth-order valence-corrected chi connectivity index (χ4v) is 1.77. The number of benzene rings is 1. The zero-order chi connectivity index (χ0) is 16.9. The molecule has 0 unspecified atom stereocenters. The lowest BCUT2D eigenvalue weighted by molar-refractivity contribution is -0.0859. The van der Waals surface area contributed by atoms with Crippen LogP contribution in [0.15, 0.2) is 24.3 Å². The van der Waals surface area contributed by atoms with Gasteiger partial charge in [0, 0.05) is 6.61 Å². The second-order valence-electron chi connectivity index (χ2n) is 4.61. The van der Waals surface area contributed by atoms with E-state index in [9.17, 15) is 4.79 Å². The van der Waals surface area contributed by atoms with Crippen molar-refractivity contribution in [1.29, 1.82) is 0 Å². The van der Waals surface area contributed by atoms with Crippen molar-refractivity contribution in [2.75, 3.05) is 39.6 Å². The summed E-state index contributed by atoms with van der Waals surface area (Å²) in [6.45, 7) is 8.56. The van der Waals surface area contributed by atoms with Crippen LogP contribution in [0.1, 0.15) is 31.1 Å². The monoisotopic (exact) mass is 326 g/mol. The van der Waals surface area contributed by atoms with Gasteiger partial charge in [-0.15, -0.1) is 0 Å². The molecule has 0 aliphatic rings. The Morgan fingerprint density at radius 3 is 2.52 bits per heavy atom. The lowest BCUT2D eigenvalue weighted by atomic mass is 10.2. The van der Waals surface area contributed by atoms with E-state index < -0.39 is 6.29 Å². The summed E-state index contributed by atoms with van der Waals surface area (Å²) in [7, 11) is 0. The van der Waals surface area contributed by atoms with Gasteiger partial charge in [0.15, 0.2) is 6.29 Å². The van der Waals surface area contributed by atoms with Crippen molar-refractivity contribution in [3.63, 3.8) is 0 Å². The predicted molar refractivity (Wildman–Crippen MR) is 85.8 cm³/mol. The molecule has 23 heavy (non-hydrogen) atoms. The molecule has 0 aliphatic carbocycles. The highest BCUT2D eigenvalue weighted by atomic mass is 16.7. The summed E-state index contributed by atoms with van der Waals surface area (Å²) in [5.74, 6) is 0.189. The molecule has 0 aliphatic heterocycles. The van der Waals surface area contributed by atoms with E-state index in [4.69, 9.17) is 23.7 Å². The molecular formula is C17H26O6. The van der Waals surface area contributed by atoms with Gasteiger partial charge in [-0.3, -0.25) is 0 Å². The molecular weight excluding hydrogens is 300 g/mol. The Morgan fingerprint density at radius 2 is 1.78 bits per heavy atom. The molecule has 0 fully saturated rings. The average Bonchev–Trinajstić information content (AvgIpc) is 2.54. The molecule has 0 aromatic heterocycles. The zero-order valence-electron chi connectivity index (χ0n) is 14.1. The summed E-state index contributed by atoms with van der Waals surface area (Å²) in [4.78, 5) is 11.7. The molecule has 1 atom stereocenters. The van der Waals surface area contributed by atoms with Crippen molar-refractivity contribution in [3.05, 3.63) is 29.8 Å². The van der Waals surface area contributed by atoms with E-state index >= 15 is 0 Å². The molecule has 0 saturated heterocycles. The van der Waals surface area contributed by atoms with Crippen LogP contribution in [0.25, 0.3) is 0 Å². The second-order valence-corrected chi connectivity index (χ2v) is 4.61. The van der Waals surface area contributed by atoms with Gasteiger partial charge in [-0.05, 0) is 39.0 Å². The topological polar surface area (TPSA) is 63.2 Å². The van der Waals surface area contributed by atoms with E-state index in [1.54, 1.807) is 38.1 Å². The van der Waals surface area contributed by atoms with E-state index in [1.165, 1.54) is 0 Å². The third-order valence-corrected chi connectivity index (χ3v) is 2.80. The van der Waals surface area contributed by atoms with Crippen LogP contribution in [0.4, 0.5) is 0 Å². The number of carbonyl (C=O) groups excluding carboxylic acids is 1. The van der Waals surface area contributed by atoms with Gasteiger partial charge < -0.3 is 23.7 Å². The molecule has 130 valence electrons. The molecule has 1 rings (SSSR count). The molecule has 1 aromatic rings. The highest BCUT2D eigenvalue weighted by molar-refractivity contribution is 5.89. The molecule has 0 heterocycles. The van der Waals surface area contributed by atoms with Crippen molar-refractivity contribution < 1.29 is 28.5 Å². The summed E-state index contributed by atoms with van der Waals surface area (Å²) >= 11 is 0. The van der Waals surface area contributed by atoms with Crippen LogP contribution >= 0.6 is 0 Å². The van der Waals surface area contributed by atoms with Gasteiger partial charge in [-0.25, -0.2) is 4.79 Å². The summed E-state index contributed by atoms with van der Waals surface area (Å²) in [6.07, 6.45) is -0.442. The molecule has 0 spiro atoms. The Morgan fingerprint density at radius 1 is 1.04 bits per heavy atom. The van der Waals surface area contributed by atoms with Gasteiger partial charge in [-0.2, -0.15) is 0 Å². The number of ether oxygens (including phenoxy) is 5. The first-order valence-corrected chi connectivity index (χ1v) is 7.88. The van der Waals surface area contributed by atoms with E-state index in [1.807, 2.05) is 6.92 Å². The first-order valence-electron chi connectivity index (χ1n) is 7.88. The number of esters is 1. The maximum Gasteiger partial charge on any atom is 0.338 e. The average molecular weight is 326 g/mol. The Hall–Kier alpha value is -1.63. The van der Waals surface area contributed by atoms with Gasteiger partial charge in [0.05, 0.1) is 38.6 Å². The summed E-state index contributed by atoms with van der Waals surface area (Å²) < 4.78 is 26.6. The lowest BCUT2D eigenvalue weighted by Crippen LogP contribution is -2.20. The molecule has 1 aromatic carbocycles. The van der Waals surface area contributed by atoms with E-state index in [2.05, 4.69) is 0 Å². The minimum Gasteiger partial charge on any atom is -0.465 e. The van der Waals surface area contributed by atoms with E-state index in [0.717, 1.165) is 0 Å². The van der Waals surface area contributed by atoms with Gasteiger partial charge in [-0.1, -0.05) is 6.07 Å². The zero-order valence-corrected chi connectivity index (χ0v) is 14.1. The first-order chi connectivity index (χ1) is 11.2. The number of hydrogen-bond donors (Lipinski definition) is 0. The fraction of sp³-hybridized carbons (Fsp3) is 0.588. The fourth-order valence-electron chi connectivity index (χ4n) is 1.77. The Kier molecular flexibility index (Phi) is 10.0. The summed E-state index contributed by atoms with van der Waals surface area (Å²) in [5.41, 5.74) is 0.454. The number of hydrogen-bond acceptors (Lipinski definition) is 6. The SMILES string of the molecule is CCOCCOCCO[C@@H](C)Oc1cccc(C(=O)OCC)c1. The van der Waals surface area contributed by atoms with E-state index in [-0.39, 0.29) is 5.97 Å². The summed E-state index contributed by atoms with van der Waals surface area (Å²) in [5, 5.41) is 0. The maximum absolute atomic E-state index is 11.7. The Balaban J connectivity index is 2.27. The Bertz CT molecular complexity index is 448. The maximum atomic E-state index is 11.7. The molecule has 0 bridgehead atoms. The molecule has 6 heteroatoms. The smallest absolute Gasteiger partial charge is 0.338 e. The van der Waals surface area contributed by atoms with Crippen molar-refractivity contribution in [1.82, 2.24) is 0 Å². The lowest BCUT2D eigenvalue weighted by Gasteiger charge is -2.16. The van der Waals surface area contributed by atoms with Crippen LogP contribution in [0.2, 0.25) is 0 Å². The molecule has 0 radical (unpaired) electrons. The van der Waals surface area contributed by atoms with Crippen LogP contribution in [-0.4, -0.2) is 51.9 Å².